The van der Waals surface area contributed by atoms with Crippen molar-refractivity contribution >= 4 is 0 Å². The molecule has 0 aromatic heterocycles. The molecule has 2 atom stereocenters. The fraction of sp³-hybridized carbons (Fsp3) is 0.538. The van der Waals surface area contributed by atoms with E-state index in [1.165, 1.54) is 23.1 Å². The lowest BCUT2D eigenvalue weighted by Gasteiger charge is -2.29. The van der Waals surface area contributed by atoms with E-state index < -0.39 is 0 Å². The molecular formula is C26H38O2. The Kier molecular flexibility index (Phi) is 8.12. The average molecular weight is 383 g/mol. The Morgan fingerprint density at radius 1 is 0.821 bits per heavy atom. The Morgan fingerprint density at radius 3 is 1.89 bits per heavy atom. The van der Waals surface area contributed by atoms with Crippen LogP contribution in [-0.2, 0) is 17.8 Å². The minimum absolute atomic E-state index is 0.285. The van der Waals surface area contributed by atoms with E-state index in [4.69, 9.17) is 9.47 Å². The van der Waals surface area contributed by atoms with Gasteiger partial charge in [0.15, 0.2) is 6.29 Å². The molecule has 28 heavy (non-hydrogen) atoms. The van der Waals surface area contributed by atoms with E-state index in [1.807, 2.05) is 6.92 Å². The minimum Gasteiger partial charge on any atom is -0.465 e. The zero-order valence-electron chi connectivity index (χ0n) is 18.8. The van der Waals surface area contributed by atoms with E-state index in [0.29, 0.717) is 23.9 Å². The molecule has 0 radical (unpaired) electrons. The zero-order chi connectivity index (χ0) is 20.7. The summed E-state index contributed by atoms with van der Waals surface area (Å²) in [5.74, 6) is 2.04. The van der Waals surface area contributed by atoms with Gasteiger partial charge in [-0.1, -0.05) is 77.9 Å². The van der Waals surface area contributed by atoms with Crippen LogP contribution in [0.5, 0.6) is 5.75 Å². The van der Waals surface area contributed by atoms with Crippen molar-refractivity contribution in [3.63, 3.8) is 0 Å². The van der Waals surface area contributed by atoms with Gasteiger partial charge in [0.1, 0.15) is 5.75 Å². The average Bonchev–Trinajstić information content (AvgIpc) is 2.65. The second-order valence-electron chi connectivity index (χ2n) is 9.35. The molecule has 2 nitrogen and oxygen atoms in total. The molecule has 0 N–H and O–H groups in total. The molecule has 0 aliphatic carbocycles. The van der Waals surface area contributed by atoms with Crippen molar-refractivity contribution in [3.8, 4) is 5.75 Å². The predicted molar refractivity (Wildman–Crippen MR) is 119 cm³/mol. The summed E-state index contributed by atoms with van der Waals surface area (Å²) in [7, 11) is 0. The largest absolute Gasteiger partial charge is 0.465 e. The van der Waals surface area contributed by atoms with Gasteiger partial charge < -0.3 is 9.47 Å². The van der Waals surface area contributed by atoms with Crippen LogP contribution in [0.25, 0.3) is 0 Å². The van der Waals surface area contributed by atoms with Gasteiger partial charge in [-0.3, -0.25) is 0 Å². The van der Waals surface area contributed by atoms with E-state index in [-0.39, 0.29) is 6.29 Å². The van der Waals surface area contributed by atoms with Crippen molar-refractivity contribution in [2.75, 3.05) is 0 Å². The van der Waals surface area contributed by atoms with Gasteiger partial charge in [-0.2, -0.15) is 0 Å². The summed E-state index contributed by atoms with van der Waals surface area (Å²) < 4.78 is 11.8. The van der Waals surface area contributed by atoms with Crippen LogP contribution in [0.3, 0.4) is 0 Å². The van der Waals surface area contributed by atoms with Gasteiger partial charge in [-0.25, -0.2) is 0 Å². The van der Waals surface area contributed by atoms with Crippen molar-refractivity contribution in [2.24, 2.45) is 11.3 Å². The number of hydrogen-bond donors (Lipinski definition) is 0. The van der Waals surface area contributed by atoms with Crippen molar-refractivity contribution in [1.29, 1.82) is 0 Å². The summed E-state index contributed by atoms with van der Waals surface area (Å²) >= 11 is 0. The second kappa shape index (κ2) is 10.1. The summed E-state index contributed by atoms with van der Waals surface area (Å²) in [5, 5.41) is 0. The molecule has 0 saturated carbocycles. The second-order valence-corrected chi connectivity index (χ2v) is 9.35. The molecule has 2 unspecified atom stereocenters. The number of rotatable bonds is 9. The van der Waals surface area contributed by atoms with E-state index in [0.717, 1.165) is 12.2 Å². The summed E-state index contributed by atoms with van der Waals surface area (Å²) in [5.41, 5.74) is 4.23. The highest BCUT2D eigenvalue weighted by molar-refractivity contribution is 5.30. The third-order valence-electron chi connectivity index (χ3n) is 5.16. The quantitative estimate of drug-likeness (QED) is 0.422. The number of hydrogen-bond acceptors (Lipinski definition) is 2. The Morgan fingerprint density at radius 2 is 1.39 bits per heavy atom. The van der Waals surface area contributed by atoms with Crippen molar-refractivity contribution in [2.45, 2.75) is 80.1 Å². The van der Waals surface area contributed by atoms with Gasteiger partial charge in [0, 0.05) is 0 Å². The lowest BCUT2D eigenvalue weighted by molar-refractivity contribution is -0.0759. The molecule has 0 bridgehead atoms. The van der Waals surface area contributed by atoms with E-state index >= 15 is 0 Å². The first kappa shape index (κ1) is 22.5. The van der Waals surface area contributed by atoms with Crippen LogP contribution in [0.2, 0.25) is 0 Å². The first-order valence-corrected chi connectivity index (χ1v) is 10.6. The minimum atomic E-state index is -0.285. The van der Waals surface area contributed by atoms with Gasteiger partial charge in [0.05, 0.1) is 6.61 Å². The molecule has 2 aromatic rings. The van der Waals surface area contributed by atoms with E-state index in [2.05, 4.69) is 90.1 Å². The zero-order valence-corrected chi connectivity index (χ0v) is 18.8. The third-order valence-corrected chi connectivity index (χ3v) is 5.16. The highest BCUT2D eigenvalue weighted by atomic mass is 16.7. The third kappa shape index (κ3) is 7.31. The standard InChI is InChI=1S/C26H38O2/c1-8-21-9-11-22(12-10-21)18-27-20(4)28-24-15-13-23(14-16-24)25(19(2)3)17-26(5,6)7/h9-16,19-20,25H,8,17-18H2,1-7H3. The van der Waals surface area contributed by atoms with Crippen molar-refractivity contribution in [3.05, 3.63) is 65.2 Å². The predicted octanol–water partition coefficient (Wildman–Crippen LogP) is 7.37. The van der Waals surface area contributed by atoms with Crippen LogP contribution >= 0.6 is 0 Å². The van der Waals surface area contributed by atoms with Crippen molar-refractivity contribution in [1.82, 2.24) is 0 Å². The van der Waals surface area contributed by atoms with Gasteiger partial charge in [-0.15, -0.1) is 0 Å². The highest BCUT2D eigenvalue weighted by Crippen LogP contribution is 2.36. The maximum Gasteiger partial charge on any atom is 0.197 e. The summed E-state index contributed by atoms with van der Waals surface area (Å²) in [6.45, 7) is 16.2. The number of ether oxygens (including phenoxy) is 2. The number of benzene rings is 2. The van der Waals surface area contributed by atoms with Crippen LogP contribution in [0.1, 0.15) is 77.5 Å². The van der Waals surface area contributed by atoms with Gasteiger partial charge in [-0.05, 0) is 65.8 Å². The van der Waals surface area contributed by atoms with Crippen LogP contribution < -0.4 is 4.74 Å². The number of aryl methyl sites for hydroxylation is 1. The molecule has 2 aromatic carbocycles. The Balaban J connectivity index is 1.91. The summed E-state index contributed by atoms with van der Waals surface area (Å²) in [4.78, 5) is 0. The van der Waals surface area contributed by atoms with Crippen LogP contribution in [0.4, 0.5) is 0 Å². The molecule has 2 heteroatoms. The fourth-order valence-electron chi connectivity index (χ4n) is 3.50. The molecule has 0 heterocycles. The van der Waals surface area contributed by atoms with Crippen LogP contribution in [0.15, 0.2) is 48.5 Å². The van der Waals surface area contributed by atoms with Crippen LogP contribution in [0, 0.1) is 11.3 Å². The van der Waals surface area contributed by atoms with Gasteiger partial charge >= 0.3 is 0 Å². The molecule has 0 aliphatic heterocycles. The molecule has 0 amide bonds. The first-order chi connectivity index (χ1) is 13.2. The lowest BCUT2D eigenvalue weighted by atomic mass is 9.76. The molecule has 0 aliphatic rings. The maximum atomic E-state index is 5.95. The monoisotopic (exact) mass is 382 g/mol. The smallest absolute Gasteiger partial charge is 0.197 e. The van der Waals surface area contributed by atoms with E-state index in [1.54, 1.807) is 0 Å². The summed E-state index contributed by atoms with van der Waals surface area (Å²) in [6, 6.07) is 17.1. The molecule has 0 saturated heterocycles. The first-order valence-electron chi connectivity index (χ1n) is 10.6. The molecule has 0 fully saturated rings. The lowest BCUT2D eigenvalue weighted by Crippen LogP contribution is -2.17. The normalized spacial score (nSPS) is 14.1. The van der Waals surface area contributed by atoms with Gasteiger partial charge in [0.2, 0.25) is 0 Å². The highest BCUT2D eigenvalue weighted by Gasteiger charge is 2.23. The topological polar surface area (TPSA) is 18.5 Å². The molecular weight excluding hydrogens is 344 g/mol. The Hall–Kier alpha value is -1.80. The molecule has 0 spiro atoms. The molecule has 2 rings (SSSR count). The van der Waals surface area contributed by atoms with Crippen molar-refractivity contribution < 1.29 is 9.47 Å². The van der Waals surface area contributed by atoms with Crippen LogP contribution in [-0.4, -0.2) is 6.29 Å². The maximum absolute atomic E-state index is 5.95. The Bertz CT molecular complexity index is 693. The summed E-state index contributed by atoms with van der Waals surface area (Å²) in [6.07, 6.45) is 1.96. The SMILES string of the molecule is CCc1ccc(COC(C)Oc2ccc(C(CC(C)(C)C)C(C)C)cc2)cc1. The fourth-order valence-corrected chi connectivity index (χ4v) is 3.50. The van der Waals surface area contributed by atoms with Gasteiger partial charge in [0.25, 0.3) is 0 Å². The Labute approximate surface area is 172 Å². The molecule has 154 valence electrons. The van der Waals surface area contributed by atoms with E-state index in [9.17, 15) is 0 Å².